The molecule has 0 aliphatic heterocycles. The van der Waals surface area contributed by atoms with Crippen molar-refractivity contribution < 1.29 is 4.39 Å². The molecule has 1 heterocycles. The Kier molecular flexibility index (Phi) is 3.98. The topological polar surface area (TPSA) is 37.8 Å². The Bertz CT molecular complexity index is 348. The average Bonchev–Trinajstić information content (AvgIpc) is 2.66. The molecule has 1 fully saturated rings. The standard InChI is InChI=1S/C11H16FN3S/c1-2-16-9-4-3-8(5-9)15-11-6-10(12)13-7-14-11/h6-9H,2-5H2,1H3,(H,13,14,15). The zero-order valence-corrected chi connectivity index (χ0v) is 10.1. The van der Waals surface area contributed by atoms with E-state index in [1.165, 1.54) is 24.6 Å². The van der Waals surface area contributed by atoms with Gasteiger partial charge in [-0.3, -0.25) is 0 Å². The van der Waals surface area contributed by atoms with E-state index in [2.05, 4.69) is 22.2 Å². The van der Waals surface area contributed by atoms with Gasteiger partial charge in [0.15, 0.2) is 0 Å². The second-order valence-electron chi connectivity index (χ2n) is 3.96. The van der Waals surface area contributed by atoms with Crippen molar-refractivity contribution in [2.24, 2.45) is 0 Å². The van der Waals surface area contributed by atoms with Gasteiger partial charge >= 0.3 is 0 Å². The SMILES string of the molecule is CCSC1CCC(Nc2cc(F)ncn2)C1. The van der Waals surface area contributed by atoms with Gasteiger partial charge in [-0.05, 0) is 25.0 Å². The molecule has 1 aliphatic rings. The van der Waals surface area contributed by atoms with Gasteiger partial charge < -0.3 is 5.32 Å². The molecule has 0 amide bonds. The Morgan fingerprint density at radius 3 is 3.12 bits per heavy atom. The molecule has 1 aliphatic carbocycles. The third-order valence-electron chi connectivity index (χ3n) is 2.77. The predicted octanol–water partition coefficient (Wildman–Crippen LogP) is 2.70. The van der Waals surface area contributed by atoms with E-state index < -0.39 is 5.95 Å². The van der Waals surface area contributed by atoms with Crippen LogP contribution in [0.4, 0.5) is 10.2 Å². The maximum Gasteiger partial charge on any atom is 0.217 e. The van der Waals surface area contributed by atoms with Crippen LogP contribution in [0.5, 0.6) is 0 Å². The highest BCUT2D eigenvalue weighted by molar-refractivity contribution is 7.99. The minimum atomic E-state index is -0.477. The fourth-order valence-electron chi connectivity index (χ4n) is 2.08. The Balaban J connectivity index is 1.87. The van der Waals surface area contributed by atoms with Crippen LogP contribution in [0.25, 0.3) is 0 Å². The van der Waals surface area contributed by atoms with Gasteiger partial charge in [0.2, 0.25) is 5.95 Å². The van der Waals surface area contributed by atoms with Crippen molar-refractivity contribution >= 4 is 17.6 Å². The summed E-state index contributed by atoms with van der Waals surface area (Å²) in [5, 5.41) is 4.01. The van der Waals surface area contributed by atoms with E-state index in [-0.39, 0.29) is 0 Å². The second-order valence-corrected chi connectivity index (χ2v) is 5.53. The largest absolute Gasteiger partial charge is 0.367 e. The minimum absolute atomic E-state index is 0.429. The van der Waals surface area contributed by atoms with Gasteiger partial charge in [0.05, 0.1) is 0 Å². The molecular weight excluding hydrogens is 225 g/mol. The van der Waals surface area contributed by atoms with Crippen LogP contribution >= 0.6 is 11.8 Å². The molecule has 2 rings (SSSR count). The van der Waals surface area contributed by atoms with Crippen molar-refractivity contribution in [3.05, 3.63) is 18.3 Å². The fourth-order valence-corrected chi connectivity index (χ4v) is 3.22. The first-order valence-electron chi connectivity index (χ1n) is 5.63. The Morgan fingerprint density at radius 2 is 2.38 bits per heavy atom. The van der Waals surface area contributed by atoms with Crippen molar-refractivity contribution in [3.63, 3.8) is 0 Å². The first-order valence-corrected chi connectivity index (χ1v) is 6.68. The van der Waals surface area contributed by atoms with E-state index in [1.807, 2.05) is 11.8 Å². The number of nitrogens with one attached hydrogen (secondary N) is 1. The molecular formula is C11H16FN3S. The molecule has 5 heteroatoms. The number of anilines is 1. The van der Waals surface area contributed by atoms with E-state index in [0.717, 1.165) is 18.1 Å². The quantitative estimate of drug-likeness (QED) is 0.822. The van der Waals surface area contributed by atoms with Crippen molar-refractivity contribution in [1.29, 1.82) is 0 Å². The van der Waals surface area contributed by atoms with Gasteiger partial charge in [0.25, 0.3) is 0 Å². The first-order chi connectivity index (χ1) is 7.78. The molecule has 0 bridgehead atoms. The summed E-state index contributed by atoms with van der Waals surface area (Å²) in [6, 6.07) is 1.78. The Morgan fingerprint density at radius 1 is 1.50 bits per heavy atom. The van der Waals surface area contributed by atoms with E-state index in [9.17, 15) is 4.39 Å². The predicted molar refractivity (Wildman–Crippen MR) is 65.2 cm³/mol. The van der Waals surface area contributed by atoms with E-state index >= 15 is 0 Å². The Labute approximate surface area is 99.3 Å². The molecule has 3 nitrogen and oxygen atoms in total. The van der Waals surface area contributed by atoms with Crippen LogP contribution in [0.3, 0.4) is 0 Å². The minimum Gasteiger partial charge on any atom is -0.367 e. The summed E-state index contributed by atoms with van der Waals surface area (Å²) in [5.41, 5.74) is 0. The Hall–Kier alpha value is -0.840. The van der Waals surface area contributed by atoms with Crippen LogP contribution in [0.1, 0.15) is 26.2 Å². The van der Waals surface area contributed by atoms with Gasteiger partial charge in [0.1, 0.15) is 12.1 Å². The maximum atomic E-state index is 12.8. The average molecular weight is 241 g/mol. The lowest BCUT2D eigenvalue weighted by Crippen LogP contribution is -2.17. The van der Waals surface area contributed by atoms with Crippen molar-refractivity contribution in [2.45, 2.75) is 37.5 Å². The van der Waals surface area contributed by atoms with Crippen LogP contribution in [0.2, 0.25) is 0 Å². The van der Waals surface area contributed by atoms with Gasteiger partial charge in [-0.25, -0.2) is 9.97 Å². The van der Waals surface area contributed by atoms with Crippen LogP contribution in [0, 0.1) is 5.95 Å². The van der Waals surface area contributed by atoms with Crippen molar-refractivity contribution in [1.82, 2.24) is 9.97 Å². The number of hydrogen-bond acceptors (Lipinski definition) is 4. The fraction of sp³-hybridized carbons (Fsp3) is 0.636. The van der Waals surface area contributed by atoms with Crippen molar-refractivity contribution in [3.8, 4) is 0 Å². The van der Waals surface area contributed by atoms with E-state index in [4.69, 9.17) is 0 Å². The summed E-state index contributed by atoms with van der Waals surface area (Å²) in [6.07, 6.45) is 4.78. The molecule has 1 aromatic rings. The van der Waals surface area contributed by atoms with Crippen LogP contribution < -0.4 is 5.32 Å². The summed E-state index contributed by atoms with van der Waals surface area (Å²) >= 11 is 2.01. The summed E-state index contributed by atoms with van der Waals surface area (Å²) in [7, 11) is 0. The molecule has 88 valence electrons. The molecule has 1 saturated carbocycles. The van der Waals surface area contributed by atoms with E-state index in [1.54, 1.807) is 0 Å². The maximum absolute atomic E-state index is 12.8. The summed E-state index contributed by atoms with van der Waals surface area (Å²) in [6.45, 7) is 2.19. The van der Waals surface area contributed by atoms with Crippen LogP contribution in [-0.2, 0) is 0 Å². The lowest BCUT2D eigenvalue weighted by Gasteiger charge is -2.13. The molecule has 0 aromatic carbocycles. The van der Waals surface area contributed by atoms with E-state index in [0.29, 0.717) is 11.9 Å². The zero-order valence-electron chi connectivity index (χ0n) is 9.32. The summed E-state index contributed by atoms with van der Waals surface area (Å²) < 4.78 is 12.8. The molecule has 0 spiro atoms. The highest BCUT2D eigenvalue weighted by Crippen LogP contribution is 2.31. The van der Waals surface area contributed by atoms with Crippen LogP contribution in [-0.4, -0.2) is 27.0 Å². The monoisotopic (exact) mass is 241 g/mol. The van der Waals surface area contributed by atoms with Gasteiger partial charge in [-0.2, -0.15) is 16.2 Å². The number of rotatable bonds is 4. The lowest BCUT2D eigenvalue weighted by atomic mass is 10.2. The molecule has 2 atom stereocenters. The smallest absolute Gasteiger partial charge is 0.217 e. The highest BCUT2D eigenvalue weighted by atomic mass is 32.2. The number of halogens is 1. The second kappa shape index (κ2) is 5.48. The third-order valence-corrected chi connectivity index (χ3v) is 4.01. The molecule has 0 saturated heterocycles. The van der Waals surface area contributed by atoms with Crippen molar-refractivity contribution in [2.75, 3.05) is 11.1 Å². The van der Waals surface area contributed by atoms with Gasteiger partial charge in [-0.1, -0.05) is 6.92 Å². The molecule has 16 heavy (non-hydrogen) atoms. The highest BCUT2D eigenvalue weighted by Gasteiger charge is 2.24. The zero-order chi connectivity index (χ0) is 11.4. The van der Waals surface area contributed by atoms with Gasteiger partial charge in [0, 0.05) is 17.4 Å². The normalized spacial score (nSPS) is 24.6. The lowest BCUT2D eigenvalue weighted by molar-refractivity contribution is 0.579. The molecule has 1 aromatic heterocycles. The number of hydrogen-bond donors (Lipinski definition) is 1. The molecule has 1 N–H and O–H groups in total. The molecule has 2 unspecified atom stereocenters. The number of aromatic nitrogens is 2. The number of thioether (sulfide) groups is 1. The third kappa shape index (κ3) is 3.07. The summed E-state index contributed by atoms with van der Waals surface area (Å²) in [5.74, 6) is 1.29. The number of nitrogens with zero attached hydrogens (tertiary/aromatic N) is 2. The summed E-state index contributed by atoms with van der Waals surface area (Å²) in [4.78, 5) is 7.44. The van der Waals surface area contributed by atoms with Gasteiger partial charge in [-0.15, -0.1) is 0 Å². The molecule has 0 radical (unpaired) electrons. The first kappa shape index (κ1) is 11.6. The van der Waals surface area contributed by atoms with Crippen LogP contribution in [0.15, 0.2) is 12.4 Å².